The topological polar surface area (TPSA) is 125 Å². The lowest BCUT2D eigenvalue weighted by Crippen LogP contribution is -2.23. The number of allylic oxidation sites excluding steroid dienone is 1. The van der Waals surface area contributed by atoms with Gasteiger partial charge >= 0.3 is 0 Å². The summed E-state index contributed by atoms with van der Waals surface area (Å²) < 4.78 is 7.23. The van der Waals surface area contributed by atoms with Gasteiger partial charge in [-0.1, -0.05) is 43.0 Å². The van der Waals surface area contributed by atoms with Crippen molar-refractivity contribution in [2.45, 2.75) is 38.3 Å². The fourth-order valence-corrected chi connectivity index (χ4v) is 5.11. The van der Waals surface area contributed by atoms with Crippen LogP contribution in [0.15, 0.2) is 67.5 Å². The third kappa shape index (κ3) is 4.87. The molecular formula is C29H30N6O3. The van der Waals surface area contributed by atoms with Gasteiger partial charge in [-0.15, -0.1) is 0 Å². The summed E-state index contributed by atoms with van der Waals surface area (Å²) in [6.45, 7) is 3.99. The van der Waals surface area contributed by atoms with Crippen LogP contribution in [0, 0.1) is 5.92 Å². The number of para-hydroxylation sites is 1. The molecule has 0 aliphatic heterocycles. The number of carbonyl (C=O) groups excluding carboxylic acids is 2. The number of benzene rings is 2. The average Bonchev–Trinajstić information content (AvgIpc) is 3.36. The molecule has 3 N–H and O–H groups in total. The van der Waals surface area contributed by atoms with Crippen LogP contribution >= 0.6 is 0 Å². The van der Waals surface area contributed by atoms with Crippen molar-refractivity contribution < 1.29 is 14.3 Å². The van der Waals surface area contributed by atoms with E-state index in [4.69, 9.17) is 15.6 Å². The zero-order valence-electron chi connectivity index (χ0n) is 21.3. The molecule has 194 valence electrons. The lowest BCUT2D eigenvalue weighted by atomic mass is 9.83. The molecule has 0 atom stereocenters. The minimum atomic E-state index is -0.203. The number of fused-ring (bicyclic) bond motifs is 1. The number of carbonyl (C=O) groups is 2. The molecule has 9 heteroatoms. The van der Waals surface area contributed by atoms with Gasteiger partial charge in [0.05, 0.1) is 24.1 Å². The summed E-state index contributed by atoms with van der Waals surface area (Å²) in [4.78, 5) is 33.4. The van der Waals surface area contributed by atoms with Gasteiger partial charge in [0.2, 0.25) is 0 Å². The molecule has 4 aromatic rings. The molecule has 1 aliphatic carbocycles. The second-order valence-corrected chi connectivity index (χ2v) is 9.44. The van der Waals surface area contributed by atoms with Crippen molar-refractivity contribution in [3.8, 4) is 17.0 Å². The van der Waals surface area contributed by atoms with E-state index in [9.17, 15) is 9.59 Å². The van der Waals surface area contributed by atoms with Gasteiger partial charge in [-0.3, -0.25) is 9.59 Å². The van der Waals surface area contributed by atoms with E-state index in [1.54, 1.807) is 25.3 Å². The number of anilines is 1. The summed E-state index contributed by atoms with van der Waals surface area (Å²) in [5, 5.41) is 8.60. The Bertz CT molecular complexity index is 1490. The molecule has 0 unspecified atom stereocenters. The highest BCUT2D eigenvalue weighted by Crippen LogP contribution is 2.37. The number of amides is 1. The standard InChI is InChI=1S/C29H30N6O3/c1-3-23(36)19-12-14-21(15-13-19)35-28-25(27(30)32-17-33-28)26(34-35)20-10-8-18(9-11-20)16-31-29(37)22-6-4-5-7-24(22)38-2/h3-11,17,19,21H,1,12-16H2,2H3,(H,31,37)(H2,30,32,33). The molecule has 2 aromatic carbocycles. The van der Waals surface area contributed by atoms with Gasteiger partial charge in [-0.2, -0.15) is 5.10 Å². The van der Waals surface area contributed by atoms with Crippen LogP contribution in [0.3, 0.4) is 0 Å². The second-order valence-electron chi connectivity index (χ2n) is 9.44. The van der Waals surface area contributed by atoms with Gasteiger partial charge in [-0.05, 0) is 49.5 Å². The van der Waals surface area contributed by atoms with Crippen molar-refractivity contribution in [1.29, 1.82) is 0 Å². The number of nitrogen functional groups attached to an aromatic ring is 1. The first-order valence-electron chi connectivity index (χ1n) is 12.7. The van der Waals surface area contributed by atoms with Gasteiger partial charge in [0.15, 0.2) is 11.4 Å². The van der Waals surface area contributed by atoms with E-state index in [1.807, 2.05) is 35.0 Å². The predicted octanol–water partition coefficient (Wildman–Crippen LogP) is 4.50. The number of nitrogens with two attached hydrogens (primary N) is 1. The van der Waals surface area contributed by atoms with Gasteiger partial charge < -0.3 is 15.8 Å². The number of nitrogens with zero attached hydrogens (tertiary/aromatic N) is 4. The van der Waals surface area contributed by atoms with Crippen molar-refractivity contribution in [2.75, 3.05) is 12.8 Å². The van der Waals surface area contributed by atoms with Gasteiger partial charge in [-0.25, -0.2) is 14.6 Å². The van der Waals surface area contributed by atoms with Crippen molar-refractivity contribution in [2.24, 2.45) is 5.92 Å². The second kappa shape index (κ2) is 10.8. The van der Waals surface area contributed by atoms with Crippen molar-refractivity contribution in [3.63, 3.8) is 0 Å². The Morgan fingerprint density at radius 3 is 2.55 bits per heavy atom. The van der Waals surface area contributed by atoms with E-state index < -0.39 is 0 Å². The Kier molecular flexibility index (Phi) is 7.17. The monoisotopic (exact) mass is 510 g/mol. The normalized spacial score (nSPS) is 17.2. The van der Waals surface area contributed by atoms with Crippen LogP contribution in [-0.2, 0) is 11.3 Å². The summed E-state index contributed by atoms with van der Waals surface area (Å²) in [5.41, 5.74) is 10.0. The highest BCUT2D eigenvalue weighted by atomic mass is 16.5. The molecule has 5 rings (SSSR count). The Morgan fingerprint density at radius 2 is 1.84 bits per heavy atom. The van der Waals surface area contributed by atoms with Gasteiger partial charge in [0.1, 0.15) is 23.6 Å². The first kappa shape index (κ1) is 25.1. The highest BCUT2D eigenvalue weighted by Gasteiger charge is 2.29. The van der Waals surface area contributed by atoms with Crippen LogP contribution in [0.4, 0.5) is 5.82 Å². The SMILES string of the molecule is C=CC(=O)C1CCC(n2nc(-c3ccc(CNC(=O)c4ccccc4OC)cc3)c3c(N)ncnc32)CC1. The number of aromatic nitrogens is 4. The lowest BCUT2D eigenvalue weighted by Gasteiger charge is -2.27. The van der Waals surface area contributed by atoms with Gasteiger partial charge in [0, 0.05) is 18.0 Å². The predicted molar refractivity (Wildman–Crippen MR) is 146 cm³/mol. The molecule has 0 bridgehead atoms. The fourth-order valence-electron chi connectivity index (χ4n) is 5.11. The van der Waals surface area contributed by atoms with E-state index >= 15 is 0 Å². The molecule has 2 heterocycles. The Hall–Kier alpha value is -4.53. The maximum Gasteiger partial charge on any atom is 0.255 e. The first-order valence-corrected chi connectivity index (χ1v) is 12.7. The quantitative estimate of drug-likeness (QED) is 0.334. The maximum atomic E-state index is 12.6. The van der Waals surface area contributed by atoms with Crippen molar-refractivity contribution in [1.82, 2.24) is 25.1 Å². The number of ether oxygens (including phenoxy) is 1. The van der Waals surface area contributed by atoms with Crippen molar-refractivity contribution in [3.05, 3.63) is 78.6 Å². The summed E-state index contributed by atoms with van der Waals surface area (Å²) in [5.74, 6) is 0.843. The Labute approximate surface area is 220 Å². The molecule has 38 heavy (non-hydrogen) atoms. The summed E-state index contributed by atoms with van der Waals surface area (Å²) >= 11 is 0. The Balaban J connectivity index is 1.36. The smallest absolute Gasteiger partial charge is 0.255 e. The molecule has 0 spiro atoms. The minimum Gasteiger partial charge on any atom is -0.496 e. The van der Waals surface area contributed by atoms with Crippen LogP contribution in [0.2, 0.25) is 0 Å². The number of rotatable bonds is 8. The third-order valence-corrected chi connectivity index (χ3v) is 7.20. The average molecular weight is 511 g/mol. The maximum absolute atomic E-state index is 12.6. The fraction of sp³-hybridized carbons (Fsp3) is 0.276. The lowest BCUT2D eigenvalue weighted by molar-refractivity contribution is -0.119. The van der Waals surface area contributed by atoms with Crippen molar-refractivity contribution >= 4 is 28.5 Å². The Morgan fingerprint density at radius 1 is 1.11 bits per heavy atom. The molecule has 2 aromatic heterocycles. The van der Waals surface area contributed by atoms with Crippen LogP contribution in [0.5, 0.6) is 5.75 Å². The molecule has 1 amide bonds. The molecule has 0 radical (unpaired) electrons. The molecule has 1 fully saturated rings. The van der Waals surface area contributed by atoms with Crippen LogP contribution in [0.1, 0.15) is 47.6 Å². The van der Waals surface area contributed by atoms with E-state index in [-0.39, 0.29) is 23.7 Å². The first-order chi connectivity index (χ1) is 18.5. The van der Waals surface area contributed by atoms with Crippen LogP contribution in [-0.4, -0.2) is 38.5 Å². The van der Waals surface area contributed by atoms with Crippen LogP contribution < -0.4 is 15.8 Å². The molecule has 9 nitrogen and oxygen atoms in total. The summed E-state index contributed by atoms with van der Waals surface area (Å²) in [6, 6.07) is 15.1. The van der Waals surface area contributed by atoms with Gasteiger partial charge in [0.25, 0.3) is 5.91 Å². The minimum absolute atomic E-state index is 0.0285. The number of hydrogen-bond donors (Lipinski definition) is 2. The number of nitrogens with one attached hydrogen (secondary N) is 1. The third-order valence-electron chi connectivity index (χ3n) is 7.20. The van der Waals surface area contributed by atoms with E-state index in [0.29, 0.717) is 40.4 Å². The zero-order valence-corrected chi connectivity index (χ0v) is 21.3. The largest absolute Gasteiger partial charge is 0.496 e. The molecular weight excluding hydrogens is 480 g/mol. The zero-order chi connectivity index (χ0) is 26.6. The summed E-state index contributed by atoms with van der Waals surface area (Å²) in [7, 11) is 1.54. The van der Waals surface area contributed by atoms with E-state index in [0.717, 1.165) is 36.8 Å². The molecule has 1 saturated carbocycles. The number of methoxy groups -OCH3 is 1. The number of hydrogen-bond acceptors (Lipinski definition) is 7. The summed E-state index contributed by atoms with van der Waals surface area (Å²) in [6.07, 6.45) is 6.13. The molecule has 1 aliphatic rings. The number of ketones is 1. The molecule has 0 saturated heterocycles. The highest BCUT2D eigenvalue weighted by molar-refractivity contribution is 5.98. The van der Waals surface area contributed by atoms with E-state index in [2.05, 4.69) is 21.9 Å². The van der Waals surface area contributed by atoms with Crippen LogP contribution in [0.25, 0.3) is 22.3 Å². The van der Waals surface area contributed by atoms with E-state index in [1.165, 1.54) is 12.4 Å².